The van der Waals surface area contributed by atoms with E-state index >= 15 is 0 Å². The van der Waals surface area contributed by atoms with Crippen molar-refractivity contribution in [3.8, 4) is 5.75 Å². The molecule has 0 aromatic heterocycles. The van der Waals surface area contributed by atoms with Crippen LogP contribution in [0.1, 0.15) is 29.9 Å². The van der Waals surface area contributed by atoms with Gasteiger partial charge in [-0.1, -0.05) is 40.2 Å². The van der Waals surface area contributed by atoms with Gasteiger partial charge in [0, 0.05) is 17.1 Å². The SMILES string of the molecule is COc1ccc(C2CC(NCc3ccc(Br)cc3)C2)cc1. The normalized spacial score (nSPS) is 20.9. The van der Waals surface area contributed by atoms with E-state index in [0.717, 1.165) is 16.8 Å². The van der Waals surface area contributed by atoms with Gasteiger partial charge in [-0.05, 0) is 54.2 Å². The van der Waals surface area contributed by atoms with E-state index in [1.165, 1.54) is 24.0 Å². The maximum atomic E-state index is 5.20. The summed E-state index contributed by atoms with van der Waals surface area (Å²) in [4.78, 5) is 0. The fraction of sp³-hybridized carbons (Fsp3) is 0.333. The monoisotopic (exact) mass is 345 g/mol. The molecule has 1 saturated carbocycles. The molecule has 0 aliphatic heterocycles. The second-order valence-electron chi connectivity index (χ2n) is 5.65. The van der Waals surface area contributed by atoms with E-state index in [1.807, 2.05) is 0 Å². The maximum Gasteiger partial charge on any atom is 0.118 e. The summed E-state index contributed by atoms with van der Waals surface area (Å²) < 4.78 is 6.34. The van der Waals surface area contributed by atoms with Crippen LogP contribution < -0.4 is 10.1 Å². The molecule has 0 saturated heterocycles. The van der Waals surface area contributed by atoms with Crippen molar-refractivity contribution in [2.45, 2.75) is 31.3 Å². The van der Waals surface area contributed by atoms with Gasteiger partial charge in [0.15, 0.2) is 0 Å². The van der Waals surface area contributed by atoms with Crippen molar-refractivity contribution < 1.29 is 4.74 Å². The third kappa shape index (κ3) is 3.66. The second kappa shape index (κ2) is 6.63. The van der Waals surface area contributed by atoms with E-state index in [-0.39, 0.29) is 0 Å². The highest BCUT2D eigenvalue weighted by Crippen LogP contribution is 2.37. The van der Waals surface area contributed by atoms with Crippen LogP contribution in [-0.4, -0.2) is 13.2 Å². The molecule has 21 heavy (non-hydrogen) atoms. The van der Waals surface area contributed by atoms with E-state index in [2.05, 4.69) is 69.8 Å². The zero-order chi connectivity index (χ0) is 14.7. The highest BCUT2D eigenvalue weighted by atomic mass is 79.9. The first-order valence-electron chi connectivity index (χ1n) is 7.36. The molecule has 2 nitrogen and oxygen atoms in total. The molecule has 0 heterocycles. The lowest BCUT2D eigenvalue weighted by molar-refractivity contribution is 0.289. The third-order valence-corrected chi connectivity index (χ3v) is 4.76. The Bertz CT molecular complexity index is 573. The van der Waals surface area contributed by atoms with Crippen molar-refractivity contribution in [3.05, 3.63) is 64.1 Å². The van der Waals surface area contributed by atoms with Gasteiger partial charge in [0.2, 0.25) is 0 Å². The molecule has 0 unspecified atom stereocenters. The van der Waals surface area contributed by atoms with Crippen LogP contribution >= 0.6 is 15.9 Å². The lowest BCUT2D eigenvalue weighted by Gasteiger charge is -2.36. The highest BCUT2D eigenvalue weighted by Gasteiger charge is 2.29. The van der Waals surface area contributed by atoms with Gasteiger partial charge < -0.3 is 10.1 Å². The lowest BCUT2D eigenvalue weighted by atomic mass is 9.76. The van der Waals surface area contributed by atoms with E-state index in [0.29, 0.717) is 12.0 Å². The third-order valence-electron chi connectivity index (χ3n) is 4.23. The predicted molar refractivity (Wildman–Crippen MR) is 89.7 cm³/mol. The number of hydrogen-bond donors (Lipinski definition) is 1. The van der Waals surface area contributed by atoms with Gasteiger partial charge in [0.25, 0.3) is 0 Å². The molecule has 1 aliphatic rings. The molecule has 1 N–H and O–H groups in total. The average molecular weight is 346 g/mol. The number of rotatable bonds is 5. The van der Waals surface area contributed by atoms with Crippen molar-refractivity contribution in [1.82, 2.24) is 5.32 Å². The topological polar surface area (TPSA) is 21.3 Å². The Labute approximate surface area is 134 Å². The van der Waals surface area contributed by atoms with Crippen molar-refractivity contribution in [3.63, 3.8) is 0 Å². The van der Waals surface area contributed by atoms with Crippen LogP contribution in [0.5, 0.6) is 5.75 Å². The van der Waals surface area contributed by atoms with Crippen LogP contribution in [0.15, 0.2) is 53.0 Å². The molecule has 1 fully saturated rings. The van der Waals surface area contributed by atoms with Crippen molar-refractivity contribution >= 4 is 15.9 Å². The number of ether oxygens (including phenoxy) is 1. The van der Waals surface area contributed by atoms with E-state index in [9.17, 15) is 0 Å². The maximum absolute atomic E-state index is 5.20. The van der Waals surface area contributed by atoms with E-state index < -0.39 is 0 Å². The summed E-state index contributed by atoms with van der Waals surface area (Å²) in [6.07, 6.45) is 2.45. The molecular formula is C18H20BrNO. The lowest BCUT2D eigenvalue weighted by Crippen LogP contribution is -2.39. The number of methoxy groups -OCH3 is 1. The number of halogens is 1. The van der Waals surface area contributed by atoms with Crippen LogP contribution in [0.4, 0.5) is 0 Å². The Morgan fingerprint density at radius 1 is 1.05 bits per heavy atom. The molecule has 0 spiro atoms. The summed E-state index contributed by atoms with van der Waals surface area (Å²) in [7, 11) is 1.71. The van der Waals surface area contributed by atoms with Crippen LogP contribution in [-0.2, 0) is 6.54 Å². The minimum Gasteiger partial charge on any atom is -0.497 e. The van der Waals surface area contributed by atoms with Gasteiger partial charge in [-0.15, -0.1) is 0 Å². The quantitative estimate of drug-likeness (QED) is 0.861. The van der Waals surface area contributed by atoms with Gasteiger partial charge in [-0.2, -0.15) is 0 Å². The summed E-state index contributed by atoms with van der Waals surface area (Å²) in [6, 6.07) is 17.6. The minimum atomic E-state index is 0.640. The Hall–Kier alpha value is -1.32. The Morgan fingerprint density at radius 3 is 2.33 bits per heavy atom. The largest absolute Gasteiger partial charge is 0.497 e. The molecule has 0 amide bonds. The van der Waals surface area contributed by atoms with Gasteiger partial charge >= 0.3 is 0 Å². The summed E-state index contributed by atoms with van der Waals surface area (Å²) in [5, 5.41) is 3.64. The fourth-order valence-corrected chi connectivity index (χ4v) is 3.06. The molecular weight excluding hydrogens is 326 g/mol. The number of nitrogens with one attached hydrogen (secondary N) is 1. The van der Waals surface area contributed by atoms with Gasteiger partial charge in [-0.25, -0.2) is 0 Å². The van der Waals surface area contributed by atoms with E-state index in [1.54, 1.807) is 7.11 Å². The Balaban J connectivity index is 1.46. The number of benzene rings is 2. The van der Waals surface area contributed by atoms with E-state index in [4.69, 9.17) is 4.74 Å². The molecule has 0 radical (unpaired) electrons. The number of hydrogen-bond acceptors (Lipinski definition) is 2. The summed E-state index contributed by atoms with van der Waals surface area (Å²) in [6.45, 7) is 0.952. The molecule has 2 aromatic rings. The van der Waals surface area contributed by atoms with Crippen molar-refractivity contribution in [2.75, 3.05) is 7.11 Å². The molecule has 3 heteroatoms. The molecule has 110 valence electrons. The van der Waals surface area contributed by atoms with Crippen LogP contribution in [0.3, 0.4) is 0 Å². The van der Waals surface area contributed by atoms with Crippen LogP contribution in [0.2, 0.25) is 0 Å². The summed E-state index contributed by atoms with van der Waals surface area (Å²) in [5.41, 5.74) is 2.77. The molecule has 0 atom stereocenters. The van der Waals surface area contributed by atoms with Crippen LogP contribution in [0, 0.1) is 0 Å². The molecule has 1 aliphatic carbocycles. The first kappa shape index (κ1) is 14.6. The fourth-order valence-electron chi connectivity index (χ4n) is 2.80. The predicted octanol–water partition coefficient (Wildman–Crippen LogP) is 4.49. The minimum absolute atomic E-state index is 0.640. The molecule has 3 rings (SSSR count). The van der Waals surface area contributed by atoms with Gasteiger partial charge in [-0.3, -0.25) is 0 Å². The van der Waals surface area contributed by atoms with Gasteiger partial charge in [0.1, 0.15) is 5.75 Å². The Morgan fingerprint density at radius 2 is 1.71 bits per heavy atom. The smallest absolute Gasteiger partial charge is 0.118 e. The summed E-state index contributed by atoms with van der Waals surface area (Å²) in [5.74, 6) is 1.63. The average Bonchev–Trinajstić information content (AvgIpc) is 2.48. The Kier molecular flexibility index (Phi) is 4.61. The van der Waals surface area contributed by atoms with Crippen molar-refractivity contribution in [2.24, 2.45) is 0 Å². The standard InChI is InChI=1S/C18H20BrNO/c1-21-18-8-4-14(5-9-18)15-10-17(11-15)20-12-13-2-6-16(19)7-3-13/h2-9,15,17,20H,10-12H2,1H3. The second-order valence-corrected chi connectivity index (χ2v) is 6.56. The molecule has 2 aromatic carbocycles. The first-order valence-corrected chi connectivity index (χ1v) is 8.15. The highest BCUT2D eigenvalue weighted by molar-refractivity contribution is 9.10. The molecule has 0 bridgehead atoms. The van der Waals surface area contributed by atoms with Crippen LogP contribution in [0.25, 0.3) is 0 Å². The van der Waals surface area contributed by atoms with Gasteiger partial charge in [0.05, 0.1) is 7.11 Å². The zero-order valence-electron chi connectivity index (χ0n) is 12.2. The summed E-state index contributed by atoms with van der Waals surface area (Å²) >= 11 is 3.46. The first-order chi connectivity index (χ1) is 10.2. The zero-order valence-corrected chi connectivity index (χ0v) is 13.8. The van der Waals surface area contributed by atoms with Crippen molar-refractivity contribution in [1.29, 1.82) is 0 Å².